The highest BCUT2D eigenvalue weighted by molar-refractivity contribution is 7.91. The van der Waals surface area contributed by atoms with Gasteiger partial charge < -0.3 is 9.64 Å². The highest BCUT2D eigenvalue weighted by Crippen LogP contribution is 2.15. The third-order valence-electron chi connectivity index (χ3n) is 3.48. The molecule has 0 spiro atoms. The number of benzene rings is 1. The van der Waals surface area contributed by atoms with E-state index in [4.69, 9.17) is 4.74 Å². The molecule has 0 bridgehead atoms. The van der Waals surface area contributed by atoms with Gasteiger partial charge in [-0.2, -0.15) is 0 Å². The van der Waals surface area contributed by atoms with E-state index in [9.17, 15) is 12.8 Å². The Kier molecular flexibility index (Phi) is 4.91. The van der Waals surface area contributed by atoms with Crippen LogP contribution in [0.4, 0.5) is 16.0 Å². The molecule has 1 aliphatic heterocycles. The van der Waals surface area contributed by atoms with Gasteiger partial charge in [0.15, 0.2) is 0 Å². The van der Waals surface area contributed by atoms with E-state index in [0.29, 0.717) is 37.8 Å². The molecule has 0 aliphatic carbocycles. The summed E-state index contributed by atoms with van der Waals surface area (Å²) in [6, 6.07) is 5.33. The third-order valence-corrected chi connectivity index (χ3v) is 4.74. The molecule has 1 fully saturated rings. The molecule has 0 saturated carbocycles. The molecule has 0 radical (unpaired) electrons. The molecule has 9 heteroatoms. The summed E-state index contributed by atoms with van der Waals surface area (Å²) in [6.07, 6.45) is 2.86. The summed E-state index contributed by atoms with van der Waals surface area (Å²) >= 11 is 0. The molecule has 3 rings (SSSR count). The lowest BCUT2D eigenvalue weighted by Gasteiger charge is -2.26. The number of anilines is 2. The first-order valence-corrected chi connectivity index (χ1v) is 9.07. The van der Waals surface area contributed by atoms with Gasteiger partial charge >= 0.3 is 0 Å². The molecule has 1 saturated heterocycles. The van der Waals surface area contributed by atoms with Gasteiger partial charge in [0, 0.05) is 13.1 Å². The van der Waals surface area contributed by atoms with Gasteiger partial charge in [-0.3, -0.25) is 4.72 Å². The minimum Gasteiger partial charge on any atom is -0.378 e. The van der Waals surface area contributed by atoms with Crippen molar-refractivity contribution in [2.24, 2.45) is 0 Å². The van der Waals surface area contributed by atoms with Crippen LogP contribution in [0.3, 0.4) is 0 Å². The molecule has 7 nitrogen and oxygen atoms in total. The summed E-state index contributed by atoms with van der Waals surface area (Å²) in [5.41, 5.74) is 0.781. The fourth-order valence-electron chi connectivity index (χ4n) is 2.32. The lowest BCUT2D eigenvalue weighted by Crippen LogP contribution is -2.37. The second-order valence-electron chi connectivity index (χ2n) is 5.36. The maximum absolute atomic E-state index is 12.9. The fourth-order valence-corrected chi connectivity index (χ4v) is 3.48. The van der Waals surface area contributed by atoms with E-state index in [1.165, 1.54) is 36.7 Å². The first-order valence-electron chi connectivity index (χ1n) is 7.41. The van der Waals surface area contributed by atoms with Crippen molar-refractivity contribution in [2.45, 2.75) is 5.75 Å². The number of aromatic nitrogens is 2. The zero-order valence-corrected chi connectivity index (χ0v) is 13.7. The summed E-state index contributed by atoms with van der Waals surface area (Å²) in [7, 11) is -3.62. The zero-order chi connectivity index (χ0) is 17.0. The lowest BCUT2D eigenvalue weighted by atomic mass is 10.2. The fraction of sp³-hybridized carbons (Fsp3) is 0.333. The average Bonchev–Trinajstić information content (AvgIpc) is 2.58. The van der Waals surface area contributed by atoms with E-state index >= 15 is 0 Å². The predicted octanol–water partition coefficient (Wildman–Crippen LogP) is 1.39. The van der Waals surface area contributed by atoms with Crippen LogP contribution in [-0.2, 0) is 20.5 Å². The van der Waals surface area contributed by atoms with Gasteiger partial charge in [0.2, 0.25) is 16.0 Å². The van der Waals surface area contributed by atoms with Crippen LogP contribution in [0, 0.1) is 5.82 Å². The topological polar surface area (TPSA) is 84.4 Å². The summed E-state index contributed by atoms with van der Waals surface area (Å²) in [4.78, 5) is 10.3. The largest absolute Gasteiger partial charge is 0.378 e. The smallest absolute Gasteiger partial charge is 0.237 e. The van der Waals surface area contributed by atoms with Crippen molar-refractivity contribution in [3.8, 4) is 0 Å². The van der Waals surface area contributed by atoms with Crippen molar-refractivity contribution in [2.75, 3.05) is 35.9 Å². The minimum atomic E-state index is -3.62. The Morgan fingerprint density at radius 2 is 1.75 bits per heavy atom. The molecule has 2 aromatic rings. The molecule has 128 valence electrons. The number of ether oxygens (including phenoxy) is 1. The van der Waals surface area contributed by atoms with Crippen molar-refractivity contribution in [3.63, 3.8) is 0 Å². The second kappa shape index (κ2) is 7.10. The summed E-state index contributed by atoms with van der Waals surface area (Å²) in [6.45, 7) is 2.65. The minimum absolute atomic E-state index is 0.251. The van der Waals surface area contributed by atoms with Crippen LogP contribution >= 0.6 is 0 Å². The van der Waals surface area contributed by atoms with E-state index in [-0.39, 0.29) is 11.4 Å². The van der Waals surface area contributed by atoms with Crippen LogP contribution in [0.1, 0.15) is 5.56 Å². The summed E-state index contributed by atoms with van der Waals surface area (Å²) in [5.74, 6) is -0.116. The number of rotatable bonds is 5. The van der Waals surface area contributed by atoms with Crippen LogP contribution in [0.5, 0.6) is 0 Å². The summed E-state index contributed by atoms with van der Waals surface area (Å²) in [5, 5.41) is 0. The third kappa shape index (κ3) is 4.39. The number of hydrogen-bond donors (Lipinski definition) is 1. The highest BCUT2D eigenvalue weighted by atomic mass is 32.2. The zero-order valence-electron chi connectivity index (χ0n) is 12.9. The van der Waals surface area contributed by atoms with E-state index in [1.54, 1.807) is 0 Å². The average molecular weight is 352 g/mol. The molecular weight excluding hydrogens is 335 g/mol. The molecule has 1 aromatic carbocycles. The molecule has 0 amide bonds. The van der Waals surface area contributed by atoms with Gasteiger partial charge in [-0.25, -0.2) is 22.8 Å². The molecule has 0 atom stereocenters. The SMILES string of the molecule is O=S(=O)(Cc1ccc(F)cc1)Nc1cnc(N2CCOCC2)nc1. The Labute approximate surface area is 139 Å². The molecule has 24 heavy (non-hydrogen) atoms. The van der Waals surface area contributed by atoms with Crippen LogP contribution in [0.2, 0.25) is 0 Å². The Hall–Kier alpha value is -2.26. The quantitative estimate of drug-likeness (QED) is 0.875. The summed E-state index contributed by atoms with van der Waals surface area (Å²) < 4.78 is 44.9. The maximum Gasteiger partial charge on any atom is 0.237 e. The van der Waals surface area contributed by atoms with Crippen molar-refractivity contribution < 1.29 is 17.5 Å². The normalized spacial score (nSPS) is 15.3. The number of hydrogen-bond acceptors (Lipinski definition) is 6. The van der Waals surface area contributed by atoms with E-state index in [2.05, 4.69) is 14.7 Å². The number of morpholine rings is 1. The molecule has 2 heterocycles. The van der Waals surface area contributed by atoms with Crippen LogP contribution in [0.25, 0.3) is 0 Å². The maximum atomic E-state index is 12.9. The van der Waals surface area contributed by atoms with Crippen LogP contribution in [0.15, 0.2) is 36.7 Å². The van der Waals surface area contributed by atoms with Crippen molar-refractivity contribution in [1.29, 1.82) is 0 Å². The first kappa shape index (κ1) is 16.6. The Bertz CT molecular complexity index is 775. The monoisotopic (exact) mass is 352 g/mol. The Morgan fingerprint density at radius 1 is 1.12 bits per heavy atom. The number of halogens is 1. The van der Waals surface area contributed by atoms with Gasteiger partial charge in [-0.15, -0.1) is 0 Å². The van der Waals surface area contributed by atoms with Crippen molar-refractivity contribution in [1.82, 2.24) is 9.97 Å². The first-order chi connectivity index (χ1) is 11.5. The molecular formula is C15H17FN4O3S. The molecule has 0 unspecified atom stereocenters. The molecule has 1 aliphatic rings. The lowest BCUT2D eigenvalue weighted by molar-refractivity contribution is 0.122. The van der Waals surface area contributed by atoms with E-state index in [1.807, 2.05) is 4.90 Å². The van der Waals surface area contributed by atoms with E-state index < -0.39 is 15.8 Å². The second-order valence-corrected chi connectivity index (χ2v) is 7.08. The Morgan fingerprint density at radius 3 is 2.38 bits per heavy atom. The van der Waals surface area contributed by atoms with Crippen molar-refractivity contribution in [3.05, 3.63) is 48.0 Å². The molecule has 1 N–H and O–H groups in total. The number of nitrogens with zero attached hydrogens (tertiary/aromatic N) is 3. The van der Waals surface area contributed by atoms with Crippen molar-refractivity contribution >= 4 is 21.7 Å². The predicted molar refractivity (Wildman–Crippen MR) is 87.7 cm³/mol. The van der Waals surface area contributed by atoms with Crippen LogP contribution in [-0.4, -0.2) is 44.7 Å². The molecule has 1 aromatic heterocycles. The number of nitrogens with one attached hydrogen (secondary N) is 1. The Balaban J connectivity index is 1.64. The standard InChI is InChI=1S/C15H17FN4O3S/c16-13-3-1-12(2-4-13)11-24(21,22)19-14-9-17-15(18-10-14)20-5-7-23-8-6-20/h1-4,9-10,19H,5-8,11H2. The van der Waals surface area contributed by atoms with Gasteiger partial charge in [0.05, 0.1) is 37.0 Å². The van der Waals surface area contributed by atoms with Gasteiger partial charge in [0.1, 0.15) is 5.82 Å². The van der Waals surface area contributed by atoms with Gasteiger partial charge in [-0.1, -0.05) is 12.1 Å². The van der Waals surface area contributed by atoms with Gasteiger partial charge in [-0.05, 0) is 17.7 Å². The van der Waals surface area contributed by atoms with Gasteiger partial charge in [0.25, 0.3) is 0 Å². The highest BCUT2D eigenvalue weighted by Gasteiger charge is 2.15. The van der Waals surface area contributed by atoms with E-state index in [0.717, 1.165) is 0 Å². The number of sulfonamides is 1. The van der Waals surface area contributed by atoms with Crippen LogP contribution < -0.4 is 9.62 Å².